The van der Waals surface area contributed by atoms with Gasteiger partial charge in [0.15, 0.2) is 0 Å². The van der Waals surface area contributed by atoms with Crippen LogP contribution < -0.4 is 10.1 Å². The summed E-state index contributed by atoms with van der Waals surface area (Å²) in [5.41, 5.74) is 0.866. The topological polar surface area (TPSA) is 61.8 Å². The molecule has 2 N–H and O–H groups in total. The highest BCUT2D eigenvalue weighted by Gasteiger charge is 2.32. The quantitative estimate of drug-likeness (QED) is 0.867. The molecule has 7 heteroatoms. The summed E-state index contributed by atoms with van der Waals surface area (Å²) in [6, 6.07) is 5.60. The molecule has 0 saturated carbocycles. The monoisotopic (exact) mass is 300 g/mol. The Kier molecular flexibility index (Phi) is 5.08. The number of hydrogen-bond donors (Lipinski definition) is 2. The van der Waals surface area contributed by atoms with E-state index in [1.807, 2.05) is 11.8 Å². The van der Waals surface area contributed by atoms with Crippen molar-refractivity contribution in [2.24, 2.45) is 0 Å². The van der Waals surface area contributed by atoms with Crippen molar-refractivity contribution in [3.8, 4) is 5.75 Å². The number of nitrogens with zero attached hydrogens (tertiary/aromatic N) is 1. The Bertz CT molecular complexity index is 482. The number of hydrogen-bond acceptors (Lipinski definition) is 4. The van der Waals surface area contributed by atoms with Gasteiger partial charge in [-0.1, -0.05) is 12.1 Å². The first-order valence-electron chi connectivity index (χ1n) is 6.73. The minimum absolute atomic E-state index is 0.0936. The summed E-state index contributed by atoms with van der Waals surface area (Å²) in [6.45, 7) is 0.794. The van der Waals surface area contributed by atoms with E-state index in [0.717, 1.165) is 12.1 Å². The van der Waals surface area contributed by atoms with E-state index in [9.17, 15) is 18.7 Å². The lowest BCUT2D eigenvalue weighted by atomic mass is 10.0. The number of nitrogens with one attached hydrogen (secondary N) is 1. The van der Waals surface area contributed by atoms with Gasteiger partial charge in [0.2, 0.25) is 0 Å². The third-order valence-corrected chi connectivity index (χ3v) is 3.65. The number of halogens is 2. The Labute approximate surface area is 121 Å². The second kappa shape index (κ2) is 6.82. The highest BCUT2D eigenvalue weighted by Crippen LogP contribution is 2.25. The van der Waals surface area contributed by atoms with Crippen LogP contribution in [0.15, 0.2) is 24.3 Å². The lowest BCUT2D eigenvalue weighted by molar-refractivity contribution is -0.145. The molecule has 1 aromatic rings. The van der Waals surface area contributed by atoms with Crippen molar-refractivity contribution >= 4 is 5.97 Å². The maximum absolute atomic E-state index is 12.1. The Morgan fingerprint density at radius 2 is 2.10 bits per heavy atom. The molecule has 1 heterocycles. The fraction of sp³-hybridized carbons (Fsp3) is 0.500. The van der Waals surface area contributed by atoms with Gasteiger partial charge in [-0.15, -0.1) is 0 Å². The molecule has 2 atom stereocenters. The van der Waals surface area contributed by atoms with Gasteiger partial charge in [-0.25, -0.2) is 0 Å². The fourth-order valence-electron chi connectivity index (χ4n) is 2.53. The zero-order chi connectivity index (χ0) is 15.4. The summed E-state index contributed by atoms with van der Waals surface area (Å²) in [5, 5.41) is 12.3. The number of benzene rings is 1. The summed E-state index contributed by atoms with van der Waals surface area (Å²) < 4.78 is 28.5. The number of carboxylic acid groups (broad SMARTS) is 1. The van der Waals surface area contributed by atoms with E-state index in [1.54, 1.807) is 12.1 Å². The lowest BCUT2D eigenvalue weighted by Gasteiger charge is -2.38. The van der Waals surface area contributed by atoms with Crippen molar-refractivity contribution in [1.29, 1.82) is 0 Å². The fourth-order valence-corrected chi connectivity index (χ4v) is 2.53. The van der Waals surface area contributed by atoms with Gasteiger partial charge in [-0.05, 0) is 24.6 Å². The van der Waals surface area contributed by atoms with E-state index >= 15 is 0 Å². The van der Waals surface area contributed by atoms with Crippen LogP contribution in [0.25, 0.3) is 0 Å². The maximum Gasteiger partial charge on any atom is 0.387 e. The first kappa shape index (κ1) is 15.7. The molecule has 0 bridgehead atoms. The highest BCUT2D eigenvalue weighted by molar-refractivity contribution is 5.74. The third kappa shape index (κ3) is 3.89. The van der Waals surface area contributed by atoms with Gasteiger partial charge in [-0.2, -0.15) is 8.78 Å². The number of rotatable bonds is 5. The summed E-state index contributed by atoms with van der Waals surface area (Å²) in [5.74, 6) is -0.775. The number of alkyl halides is 2. The average molecular weight is 300 g/mol. The van der Waals surface area contributed by atoms with Crippen LogP contribution in [0.5, 0.6) is 5.75 Å². The molecule has 5 nitrogen and oxygen atoms in total. The Hall–Kier alpha value is -1.73. The van der Waals surface area contributed by atoms with Crippen molar-refractivity contribution < 1.29 is 23.4 Å². The number of piperazine rings is 1. The standard InChI is InChI=1S/C14H18F2N2O3/c1-9(18-7-6-17-8-12(18)13(19)20)10-2-4-11(5-3-10)21-14(15)16/h2-5,9,12,14,17H,6-8H2,1H3,(H,19,20). The normalized spacial score (nSPS) is 21.2. The molecule has 116 valence electrons. The van der Waals surface area contributed by atoms with Gasteiger partial charge in [0.25, 0.3) is 0 Å². The molecule has 2 unspecified atom stereocenters. The second-order valence-corrected chi connectivity index (χ2v) is 4.92. The molecule has 2 rings (SSSR count). The van der Waals surface area contributed by atoms with Gasteiger partial charge in [0, 0.05) is 25.7 Å². The molecule has 1 fully saturated rings. The minimum atomic E-state index is -2.85. The zero-order valence-electron chi connectivity index (χ0n) is 11.6. The van der Waals surface area contributed by atoms with Gasteiger partial charge in [0.1, 0.15) is 11.8 Å². The molecule has 0 radical (unpaired) electrons. The van der Waals surface area contributed by atoms with Gasteiger partial charge >= 0.3 is 12.6 Å². The van der Waals surface area contributed by atoms with E-state index in [0.29, 0.717) is 13.1 Å². The Balaban J connectivity index is 2.10. The summed E-state index contributed by atoms with van der Waals surface area (Å²) in [4.78, 5) is 13.2. The van der Waals surface area contributed by atoms with Gasteiger partial charge in [0.05, 0.1) is 0 Å². The first-order chi connectivity index (χ1) is 9.99. The van der Waals surface area contributed by atoms with Crippen LogP contribution in [0.4, 0.5) is 8.78 Å². The second-order valence-electron chi connectivity index (χ2n) is 4.92. The average Bonchev–Trinajstić information content (AvgIpc) is 2.46. The van der Waals surface area contributed by atoms with Crippen LogP contribution in [-0.2, 0) is 4.79 Å². The third-order valence-electron chi connectivity index (χ3n) is 3.65. The number of aliphatic carboxylic acids is 1. The molecule has 1 aliphatic heterocycles. The van der Waals surface area contributed by atoms with E-state index in [-0.39, 0.29) is 11.8 Å². The van der Waals surface area contributed by atoms with Gasteiger partial charge in [-0.3, -0.25) is 9.69 Å². The van der Waals surface area contributed by atoms with Crippen molar-refractivity contribution in [3.05, 3.63) is 29.8 Å². The number of carboxylic acids is 1. The van der Waals surface area contributed by atoms with E-state index in [2.05, 4.69) is 10.1 Å². The van der Waals surface area contributed by atoms with Crippen LogP contribution in [0.1, 0.15) is 18.5 Å². The molecule has 21 heavy (non-hydrogen) atoms. The Morgan fingerprint density at radius 1 is 1.43 bits per heavy atom. The van der Waals surface area contributed by atoms with Crippen molar-refractivity contribution in [2.75, 3.05) is 19.6 Å². The van der Waals surface area contributed by atoms with Crippen molar-refractivity contribution in [3.63, 3.8) is 0 Å². The molecular formula is C14H18F2N2O3. The zero-order valence-corrected chi connectivity index (χ0v) is 11.6. The van der Waals surface area contributed by atoms with E-state index < -0.39 is 18.6 Å². The van der Waals surface area contributed by atoms with Crippen molar-refractivity contribution in [1.82, 2.24) is 10.2 Å². The van der Waals surface area contributed by atoms with Gasteiger partial charge < -0.3 is 15.2 Å². The molecule has 1 aliphatic rings. The molecule has 0 amide bonds. The summed E-state index contributed by atoms with van der Waals surface area (Å²) in [6.07, 6.45) is 0. The minimum Gasteiger partial charge on any atom is -0.480 e. The predicted molar refractivity (Wildman–Crippen MR) is 72.5 cm³/mol. The summed E-state index contributed by atoms with van der Waals surface area (Å²) >= 11 is 0. The molecular weight excluding hydrogens is 282 g/mol. The predicted octanol–water partition coefficient (Wildman–Crippen LogP) is 1.71. The number of ether oxygens (including phenoxy) is 1. The van der Waals surface area contributed by atoms with Crippen LogP contribution >= 0.6 is 0 Å². The Morgan fingerprint density at radius 3 is 2.67 bits per heavy atom. The van der Waals surface area contributed by atoms with Crippen LogP contribution in [0.3, 0.4) is 0 Å². The van der Waals surface area contributed by atoms with Crippen LogP contribution in [-0.4, -0.2) is 48.3 Å². The number of carbonyl (C=O) groups is 1. The van der Waals surface area contributed by atoms with Crippen LogP contribution in [0.2, 0.25) is 0 Å². The van der Waals surface area contributed by atoms with Crippen molar-refractivity contribution in [2.45, 2.75) is 25.6 Å². The largest absolute Gasteiger partial charge is 0.480 e. The lowest BCUT2D eigenvalue weighted by Crippen LogP contribution is -2.55. The van der Waals surface area contributed by atoms with Crippen LogP contribution in [0, 0.1) is 0 Å². The summed E-state index contributed by atoms with van der Waals surface area (Å²) in [7, 11) is 0. The molecule has 1 saturated heterocycles. The molecule has 1 aromatic carbocycles. The molecule has 0 spiro atoms. The molecule has 0 aliphatic carbocycles. The smallest absolute Gasteiger partial charge is 0.387 e. The molecule has 0 aromatic heterocycles. The van der Waals surface area contributed by atoms with E-state index in [1.165, 1.54) is 12.1 Å². The first-order valence-corrected chi connectivity index (χ1v) is 6.73. The van der Waals surface area contributed by atoms with E-state index in [4.69, 9.17) is 0 Å². The SMILES string of the molecule is CC(c1ccc(OC(F)F)cc1)N1CCNCC1C(=O)O. The maximum atomic E-state index is 12.1. The highest BCUT2D eigenvalue weighted by atomic mass is 19.3.